The summed E-state index contributed by atoms with van der Waals surface area (Å²) in [6.45, 7) is 7.59. The minimum Gasteiger partial charge on any atom is -0.493 e. The summed E-state index contributed by atoms with van der Waals surface area (Å²) >= 11 is 0. The second-order valence-electron chi connectivity index (χ2n) is 7.37. The molecule has 0 aromatic heterocycles. The van der Waals surface area contributed by atoms with Gasteiger partial charge in [0, 0.05) is 45.8 Å². The number of hydrogen-bond donors (Lipinski definition) is 0. The van der Waals surface area contributed by atoms with Gasteiger partial charge in [0.25, 0.3) is 5.91 Å². The standard InChI is InChI=1S/C20H31N3O3/c1-21-11-13-22(14-12-21)15-17-7-9-23(10-8-17)20(24)16-26-19-6-4-3-5-18(19)25-2/h3-6,17H,7-16H2,1-2H3. The molecule has 0 saturated carbocycles. The van der Waals surface area contributed by atoms with Crippen LogP contribution in [-0.4, -0.2) is 87.2 Å². The number of methoxy groups -OCH3 is 1. The predicted octanol–water partition coefficient (Wildman–Crippen LogP) is 1.56. The van der Waals surface area contributed by atoms with Crippen molar-refractivity contribution < 1.29 is 14.3 Å². The predicted molar refractivity (Wildman–Crippen MR) is 102 cm³/mol. The van der Waals surface area contributed by atoms with Gasteiger partial charge in [0.2, 0.25) is 0 Å². The molecule has 2 aliphatic heterocycles. The molecule has 0 radical (unpaired) electrons. The summed E-state index contributed by atoms with van der Waals surface area (Å²) in [7, 11) is 3.80. The number of piperazine rings is 1. The van der Waals surface area contributed by atoms with Crippen LogP contribution in [-0.2, 0) is 4.79 Å². The number of amides is 1. The van der Waals surface area contributed by atoms with E-state index in [9.17, 15) is 4.79 Å². The van der Waals surface area contributed by atoms with Crippen LogP contribution in [0.15, 0.2) is 24.3 Å². The maximum atomic E-state index is 12.4. The Morgan fingerprint density at radius 1 is 1.04 bits per heavy atom. The zero-order chi connectivity index (χ0) is 18.4. The van der Waals surface area contributed by atoms with Gasteiger partial charge in [-0.25, -0.2) is 0 Å². The summed E-state index contributed by atoms with van der Waals surface area (Å²) in [5, 5.41) is 0. The largest absolute Gasteiger partial charge is 0.493 e. The molecule has 1 aromatic carbocycles. The average Bonchev–Trinajstić information content (AvgIpc) is 2.68. The highest BCUT2D eigenvalue weighted by Crippen LogP contribution is 2.26. The molecular formula is C20H31N3O3. The maximum absolute atomic E-state index is 12.4. The zero-order valence-electron chi connectivity index (χ0n) is 16.0. The van der Waals surface area contributed by atoms with Crippen molar-refractivity contribution in [1.29, 1.82) is 0 Å². The van der Waals surface area contributed by atoms with Gasteiger partial charge in [-0.1, -0.05) is 12.1 Å². The molecule has 0 atom stereocenters. The van der Waals surface area contributed by atoms with E-state index in [1.165, 1.54) is 19.6 Å². The monoisotopic (exact) mass is 361 g/mol. The molecule has 2 fully saturated rings. The average molecular weight is 361 g/mol. The lowest BCUT2D eigenvalue weighted by molar-refractivity contribution is -0.134. The summed E-state index contributed by atoms with van der Waals surface area (Å²) in [6, 6.07) is 7.43. The van der Waals surface area contributed by atoms with Crippen molar-refractivity contribution >= 4 is 5.91 Å². The Balaban J connectivity index is 1.39. The SMILES string of the molecule is COc1ccccc1OCC(=O)N1CCC(CN2CCN(C)CC2)CC1. The Hall–Kier alpha value is -1.79. The molecule has 6 heteroatoms. The fourth-order valence-electron chi connectivity index (χ4n) is 3.73. The molecule has 2 heterocycles. The lowest BCUT2D eigenvalue weighted by Crippen LogP contribution is -2.48. The summed E-state index contributed by atoms with van der Waals surface area (Å²) < 4.78 is 10.9. The molecule has 0 aliphatic carbocycles. The molecule has 0 N–H and O–H groups in total. The minimum absolute atomic E-state index is 0.0638. The van der Waals surface area contributed by atoms with Crippen molar-refractivity contribution in [1.82, 2.24) is 14.7 Å². The number of para-hydroxylation sites is 2. The quantitative estimate of drug-likeness (QED) is 0.769. The van der Waals surface area contributed by atoms with E-state index < -0.39 is 0 Å². The highest BCUT2D eigenvalue weighted by atomic mass is 16.5. The van der Waals surface area contributed by atoms with Crippen LogP contribution in [0.25, 0.3) is 0 Å². The number of ether oxygens (including phenoxy) is 2. The fourth-order valence-corrected chi connectivity index (χ4v) is 3.73. The van der Waals surface area contributed by atoms with E-state index in [2.05, 4.69) is 16.8 Å². The fraction of sp³-hybridized carbons (Fsp3) is 0.650. The molecule has 2 aliphatic rings. The highest BCUT2D eigenvalue weighted by molar-refractivity contribution is 5.78. The number of piperidine rings is 1. The molecule has 2 saturated heterocycles. The van der Waals surface area contributed by atoms with E-state index in [-0.39, 0.29) is 12.5 Å². The Morgan fingerprint density at radius 2 is 1.69 bits per heavy atom. The smallest absolute Gasteiger partial charge is 0.260 e. The molecule has 0 bridgehead atoms. The molecule has 0 unspecified atom stereocenters. The molecule has 6 nitrogen and oxygen atoms in total. The van der Waals surface area contributed by atoms with Gasteiger partial charge < -0.3 is 24.2 Å². The van der Waals surface area contributed by atoms with Crippen molar-refractivity contribution in [3.8, 4) is 11.5 Å². The molecule has 144 valence electrons. The lowest BCUT2D eigenvalue weighted by Gasteiger charge is -2.38. The van der Waals surface area contributed by atoms with Gasteiger partial charge in [-0.15, -0.1) is 0 Å². The van der Waals surface area contributed by atoms with Gasteiger partial charge in [-0.3, -0.25) is 4.79 Å². The van der Waals surface area contributed by atoms with E-state index in [0.29, 0.717) is 17.4 Å². The van der Waals surface area contributed by atoms with Gasteiger partial charge in [0.15, 0.2) is 18.1 Å². The van der Waals surface area contributed by atoms with Crippen molar-refractivity contribution in [3.05, 3.63) is 24.3 Å². The second-order valence-corrected chi connectivity index (χ2v) is 7.37. The van der Waals surface area contributed by atoms with Crippen LogP contribution in [0.5, 0.6) is 11.5 Å². The van der Waals surface area contributed by atoms with Crippen LogP contribution in [0.4, 0.5) is 0 Å². The first-order valence-electron chi connectivity index (χ1n) is 9.60. The number of carbonyl (C=O) groups excluding carboxylic acids is 1. The first-order valence-corrected chi connectivity index (χ1v) is 9.60. The summed E-state index contributed by atoms with van der Waals surface area (Å²) in [4.78, 5) is 19.4. The maximum Gasteiger partial charge on any atom is 0.260 e. The second kappa shape index (κ2) is 9.24. The van der Waals surface area contributed by atoms with E-state index in [1.807, 2.05) is 29.2 Å². The molecule has 3 rings (SSSR count). The molecule has 26 heavy (non-hydrogen) atoms. The van der Waals surface area contributed by atoms with E-state index in [1.54, 1.807) is 7.11 Å². The van der Waals surface area contributed by atoms with Crippen LogP contribution < -0.4 is 9.47 Å². The summed E-state index contributed by atoms with van der Waals surface area (Å²) in [5.41, 5.74) is 0. The number of likely N-dealkylation sites (N-methyl/N-ethyl adjacent to an activating group) is 1. The van der Waals surface area contributed by atoms with Gasteiger partial charge in [0.1, 0.15) is 0 Å². The molecule has 0 spiro atoms. The molecule has 1 aromatic rings. The summed E-state index contributed by atoms with van der Waals surface area (Å²) in [5.74, 6) is 2.05. The number of hydrogen-bond acceptors (Lipinski definition) is 5. The third-order valence-electron chi connectivity index (χ3n) is 5.50. The van der Waals surface area contributed by atoms with Crippen molar-refractivity contribution in [2.24, 2.45) is 5.92 Å². The van der Waals surface area contributed by atoms with Gasteiger partial charge in [-0.2, -0.15) is 0 Å². The third kappa shape index (κ3) is 5.11. The van der Waals surface area contributed by atoms with Gasteiger partial charge in [-0.05, 0) is 37.9 Å². The van der Waals surface area contributed by atoms with Crippen molar-refractivity contribution in [2.45, 2.75) is 12.8 Å². The third-order valence-corrected chi connectivity index (χ3v) is 5.50. The highest BCUT2D eigenvalue weighted by Gasteiger charge is 2.25. The molecule has 1 amide bonds. The number of benzene rings is 1. The Labute approximate surface area is 156 Å². The van der Waals surface area contributed by atoms with Crippen molar-refractivity contribution in [3.63, 3.8) is 0 Å². The van der Waals surface area contributed by atoms with E-state index in [0.717, 1.165) is 39.0 Å². The first-order chi connectivity index (χ1) is 12.7. The van der Waals surface area contributed by atoms with Gasteiger partial charge in [0.05, 0.1) is 7.11 Å². The summed E-state index contributed by atoms with van der Waals surface area (Å²) in [6.07, 6.45) is 2.18. The van der Waals surface area contributed by atoms with Crippen LogP contribution >= 0.6 is 0 Å². The van der Waals surface area contributed by atoms with Crippen LogP contribution in [0, 0.1) is 5.92 Å². The van der Waals surface area contributed by atoms with E-state index in [4.69, 9.17) is 9.47 Å². The number of likely N-dealkylation sites (tertiary alicyclic amines) is 1. The van der Waals surface area contributed by atoms with Crippen molar-refractivity contribution in [2.75, 3.05) is 66.6 Å². The molecular weight excluding hydrogens is 330 g/mol. The first kappa shape index (κ1) is 19.0. The lowest BCUT2D eigenvalue weighted by atomic mass is 9.96. The Kier molecular flexibility index (Phi) is 6.74. The van der Waals surface area contributed by atoms with Crippen LogP contribution in [0.2, 0.25) is 0 Å². The number of rotatable bonds is 6. The number of nitrogens with zero attached hydrogens (tertiary/aromatic N) is 3. The topological polar surface area (TPSA) is 45.3 Å². The van der Waals surface area contributed by atoms with Crippen LogP contribution in [0.1, 0.15) is 12.8 Å². The minimum atomic E-state index is 0.0638. The normalized spacial score (nSPS) is 20.2. The zero-order valence-corrected chi connectivity index (χ0v) is 16.0. The van der Waals surface area contributed by atoms with Crippen LogP contribution in [0.3, 0.4) is 0 Å². The Morgan fingerprint density at radius 3 is 2.35 bits per heavy atom. The van der Waals surface area contributed by atoms with E-state index >= 15 is 0 Å². The Bertz CT molecular complexity index is 579. The number of carbonyl (C=O) groups is 1. The van der Waals surface area contributed by atoms with Gasteiger partial charge >= 0.3 is 0 Å².